The molecule has 2 nitrogen and oxygen atoms in total. The van der Waals surface area contributed by atoms with E-state index in [1.165, 1.54) is 22.4 Å². The molecule has 0 aliphatic rings. The number of ether oxygens (including phenoxy) is 1. The number of aryl methyl sites for hydroxylation is 1. The topological polar surface area (TPSA) is 12.5 Å². The molecule has 0 aliphatic heterocycles. The van der Waals surface area contributed by atoms with E-state index in [9.17, 15) is 0 Å². The molecule has 1 rings (SSSR count). The zero-order valence-electron chi connectivity index (χ0n) is 10.0. The first-order chi connectivity index (χ1) is 7.02. The van der Waals surface area contributed by atoms with E-state index >= 15 is 0 Å². The van der Waals surface area contributed by atoms with Crippen molar-refractivity contribution in [3.05, 3.63) is 22.8 Å². The number of alkyl halides is 1. The Kier molecular flexibility index (Phi) is 3.86. The molecule has 1 aromatic rings. The number of hydrogen-bond donors (Lipinski definition) is 0. The van der Waals surface area contributed by atoms with Gasteiger partial charge in [0.2, 0.25) is 0 Å². The second-order valence-electron chi connectivity index (χ2n) is 3.81. The normalized spacial score (nSPS) is 10.3. The van der Waals surface area contributed by atoms with Gasteiger partial charge in [-0.15, -0.1) is 11.6 Å². The van der Waals surface area contributed by atoms with E-state index in [0.29, 0.717) is 6.00 Å². The molecule has 0 bridgehead atoms. The minimum atomic E-state index is 0.494. The maximum Gasteiger partial charge on any atom is 0.122 e. The fourth-order valence-electron chi connectivity index (χ4n) is 1.89. The SMILES string of the molecule is COc1cc(C)c(N(C)CCl)c(C)c1C. The lowest BCUT2D eigenvalue weighted by Crippen LogP contribution is -2.17. The van der Waals surface area contributed by atoms with Gasteiger partial charge in [0.15, 0.2) is 0 Å². The van der Waals surface area contributed by atoms with Crippen LogP contribution in [0.3, 0.4) is 0 Å². The molecule has 0 radical (unpaired) electrons. The van der Waals surface area contributed by atoms with Crippen molar-refractivity contribution in [1.82, 2.24) is 0 Å². The predicted molar refractivity (Wildman–Crippen MR) is 66.3 cm³/mol. The lowest BCUT2D eigenvalue weighted by molar-refractivity contribution is 0.411. The minimum absolute atomic E-state index is 0.494. The Morgan fingerprint density at radius 1 is 1.27 bits per heavy atom. The van der Waals surface area contributed by atoms with Crippen molar-refractivity contribution in [3.8, 4) is 5.75 Å². The summed E-state index contributed by atoms with van der Waals surface area (Å²) in [6.07, 6.45) is 0. The van der Waals surface area contributed by atoms with E-state index in [0.717, 1.165) is 5.75 Å². The summed E-state index contributed by atoms with van der Waals surface area (Å²) < 4.78 is 5.32. The van der Waals surface area contributed by atoms with Crippen molar-refractivity contribution >= 4 is 17.3 Å². The van der Waals surface area contributed by atoms with E-state index in [1.54, 1.807) is 7.11 Å². The zero-order valence-corrected chi connectivity index (χ0v) is 10.8. The molecule has 1 aromatic carbocycles. The molecule has 0 N–H and O–H groups in total. The van der Waals surface area contributed by atoms with Gasteiger partial charge in [-0.25, -0.2) is 0 Å². The molecule has 0 aromatic heterocycles. The summed E-state index contributed by atoms with van der Waals surface area (Å²) in [4.78, 5) is 2.04. The van der Waals surface area contributed by atoms with Crippen LogP contribution >= 0.6 is 11.6 Å². The van der Waals surface area contributed by atoms with Gasteiger partial charge in [0, 0.05) is 12.7 Å². The Hall–Kier alpha value is -0.890. The Morgan fingerprint density at radius 3 is 2.33 bits per heavy atom. The van der Waals surface area contributed by atoms with Gasteiger partial charge in [-0.2, -0.15) is 0 Å². The smallest absolute Gasteiger partial charge is 0.122 e. The lowest BCUT2D eigenvalue weighted by atomic mass is 10.0. The maximum atomic E-state index is 5.85. The average Bonchev–Trinajstić information content (AvgIpc) is 2.23. The first kappa shape index (κ1) is 12.2. The molecule has 15 heavy (non-hydrogen) atoms. The summed E-state index contributed by atoms with van der Waals surface area (Å²) in [5, 5.41) is 0. The van der Waals surface area contributed by atoms with Crippen LogP contribution in [0.25, 0.3) is 0 Å². The summed E-state index contributed by atoms with van der Waals surface area (Å²) in [5.41, 5.74) is 4.80. The largest absolute Gasteiger partial charge is 0.496 e. The van der Waals surface area contributed by atoms with E-state index in [2.05, 4.69) is 26.8 Å². The molecule has 0 aliphatic carbocycles. The van der Waals surface area contributed by atoms with Crippen LogP contribution in [0.1, 0.15) is 16.7 Å². The van der Waals surface area contributed by atoms with Crippen LogP contribution in [0.15, 0.2) is 6.07 Å². The minimum Gasteiger partial charge on any atom is -0.496 e. The van der Waals surface area contributed by atoms with E-state index in [1.807, 2.05) is 11.9 Å². The van der Waals surface area contributed by atoms with Crippen LogP contribution in [0, 0.1) is 20.8 Å². The van der Waals surface area contributed by atoms with Gasteiger partial charge in [-0.1, -0.05) is 0 Å². The maximum absolute atomic E-state index is 5.85. The monoisotopic (exact) mass is 227 g/mol. The van der Waals surface area contributed by atoms with Gasteiger partial charge in [0.25, 0.3) is 0 Å². The van der Waals surface area contributed by atoms with Crippen LogP contribution in [0.5, 0.6) is 5.75 Å². The summed E-state index contributed by atoms with van der Waals surface area (Å²) in [6, 6.07) is 2.55. The van der Waals surface area contributed by atoms with Gasteiger partial charge >= 0.3 is 0 Å². The van der Waals surface area contributed by atoms with Gasteiger partial charge < -0.3 is 9.64 Å². The molecular formula is C12H18ClNO. The van der Waals surface area contributed by atoms with Crippen molar-refractivity contribution in [2.45, 2.75) is 20.8 Å². The van der Waals surface area contributed by atoms with Crippen molar-refractivity contribution < 1.29 is 4.74 Å². The van der Waals surface area contributed by atoms with Crippen molar-refractivity contribution in [1.29, 1.82) is 0 Å². The summed E-state index contributed by atoms with van der Waals surface area (Å²) in [7, 11) is 3.69. The third-order valence-electron chi connectivity index (χ3n) is 2.79. The van der Waals surface area contributed by atoms with Crippen LogP contribution in [0.4, 0.5) is 5.69 Å². The number of anilines is 1. The second-order valence-corrected chi connectivity index (χ2v) is 4.05. The molecule has 0 atom stereocenters. The molecule has 3 heteroatoms. The molecule has 0 saturated heterocycles. The number of methoxy groups -OCH3 is 1. The molecule has 0 unspecified atom stereocenters. The number of halogens is 1. The quantitative estimate of drug-likeness (QED) is 0.581. The highest BCUT2D eigenvalue weighted by Crippen LogP contribution is 2.33. The number of rotatable bonds is 3. The van der Waals surface area contributed by atoms with E-state index in [4.69, 9.17) is 16.3 Å². The fraction of sp³-hybridized carbons (Fsp3) is 0.500. The summed E-state index contributed by atoms with van der Waals surface area (Å²) >= 11 is 5.85. The molecule has 0 spiro atoms. The molecule has 0 fully saturated rings. The number of hydrogen-bond acceptors (Lipinski definition) is 2. The van der Waals surface area contributed by atoms with Crippen LogP contribution in [-0.2, 0) is 0 Å². The van der Waals surface area contributed by atoms with Crippen LogP contribution < -0.4 is 9.64 Å². The summed E-state index contributed by atoms with van der Waals surface area (Å²) in [5.74, 6) is 0.941. The summed E-state index contributed by atoms with van der Waals surface area (Å²) in [6.45, 7) is 6.25. The number of benzene rings is 1. The van der Waals surface area contributed by atoms with Crippen molar-refractivity contribution in [2.75, 3.05) is 25.1 Å². The fourth-order valence-corrected chi connectivity index (χ4v) is 2.01. The lowest BCUT2D eigenvalue weighted by Gasteiger charge is -2.23. The van der Waals surface area contributed by atoms with Gasteiger partial charge in [-0.05, 0) is 43.5 Å². The van der Waals surface area contributed by atoms with Gasteiger partial charge in [0.05, 0.1) is 13.1 Å². The third-order valence-corrected chi connectivity index (χ3v) is 3.15. The molecular weight excluding hydrogens is 210 g/mol. The first-order valence-corrected chi connectivity index (χ1v) is 5.48. The van der Waals surface area contributed by atoms with Crippen LogP contribution in [0.2, 0.25) is 0 Å². The van der Waals surface area contributed by atoms with Crippen LogP contribution in [-0.4, -0.2) is 20.2 Å². The average molecular weight is 228 g/mol. The second kappa shape index (κ2) is 4.75. The first-order valence-electron chi connectivity index (χ1n) is 4.94. The van der Waals surface area contributed by atoms with Crippen molar-refractivity contribution in [3.63, 3.8) is 0 Å². The highest BCUT2D eigenvalue weighted by molar-refractivity contribution is 6.19. The molecule has 0 heterocycles. The Bertz CT molecular complexity index is 363. The van der Waals surface area contributed by atoms with Crippen molar-refractivity contribution in [2.24, 2.45) is 0 Å². The molecule has 0 saturated carbocycles. The Balaban J connectivity index is 3.35. The highest BCUT2D eigenvalue weighted by atomic mass is 35.5. The zero-order chi connectivity index (χ0) is 11.6. The van der Waals surface area contributed by atoms with E-state index < -0.39 is 0 Å². The standard InChI is InChI=1S/C12H18ClNO/c1-8-6-11(15-5)9(2)10(3)12(8)14(4)7-13/h6H,7H2,1-5H3. The Morgan fingerprint density at radius 2 is 1.87 bits per heavy atom. The number of nitrogens with zero attached hydrogens (tertiary/aromatic N) is 1. The van der Waals surface area contributed by atoms with E-state index in [-0.39, 0.29) is 0 Å². The van der Waals surface area contributed by atoms with Gasteiger partial charge in [-0.3, -0.25) is 0 Å². The third kappa shape index (κ3) is 2.20. The molecule has 84 valence electrons. The van der Waals surface area contributed by atoms with Gasteiger partial charge in [0.1, 0.15) is 5.75 Å². The molecule has 0 amide bonds. The highest BCUT2D eigenvalue weighted by Gasteiger charge is 2.13. The Labute approximate surface area is 96.8 Å². The predicted octanol–water partition coefficient (Wildman–Crippen LogP) is 3.25.